The summed E-state index contributed by atoms with van der Waals surface area (Å²) in [6, 6.07) is 4.54. The molecule has 0 amide bonds. The summed E-state index contributed by atoms with van der Waals surface area (Å²) in [6.07, 6.45) is 1.51. The van der Waals surface area contributed by atoms with Gasteiger partial charge in [0.2, 0.25) is 0 Å². The summed E-state index contributed by atoms with van der Waals surface area (Å²) in [5, 5.41) is 10.6. The Bertz CT molecular complexity index is 567. The molecule has 23 heavy (non-hydrogen) atoms. The highest BCUT2D eigenvalue weighted by atomic mass is 35.5. The number of halogens is 2. The summed E-state index contributed by atoms with van der Waals surface area (Å²) in [5.41, 5.74) is 5.90. The largest absolute Gasteiger partial charge is 0.492 e. The first-order chi connectivity index (χ1) is 9.97. The van der Waals surface area contributed by atoms with Crippen LogP contribution in [-0.4, -0.2) is 35.6 Å². The number of morpholine rings is 1. The van der Waals surface area contributed by atoms with Crippen molar-refractivity contribution in [3.05, 3.63) is 40.3 Å². The number of ether oxygens (including phenoxy) is 2. The van der Waals surface area contributed by atoms with E-state index in [9.17, 15) is 10.1 Å². The van der Waals surface area contributed by atoms with Gasteiger partial charge in [-0.15, -0.1) is 24.8 Å². The Balaban J connectivity index is 0.00000242. The minimum Gasteiger partial charge on any atom is -0.492 e. The van der Waals surface area contributed by atoms with Crippen LogP contribution in [0.2, 0.25) is 0 Å². The Labute approximate surface area is 147 Å². The van der Waals surface area contributed by atoms with E-state index in [1.54, 1.807) is 0 Å². The molecule has 0 aromatic heterocycles. The van der Waals surface area contributed by atoms with Gasteiger partial charge in [-0.05, 0) is 19.9 Å². The number of nitrogens with zero attached hydrogens (tertiary/aromatic N) is 2. The van der Waals surface area contributed by atoms with E-state index in [2.05, 4.69) is 18.7 Å². The second-order valence-corrected chi connectivity index (χ2v) is 5.09. The molecule has 0 radical (unpaired) electrons. The number of nitrogen functional groups attached to an aromatic ring is 1. The summed E-state index contributed by atoms with van der Waals surface area (Å²) in [7, 11) is 0. The van der Waals surface area contributed by atoms with Crippen molar-refractivity contribution in [2.45, 2.75) is 19.9 Å². The van der Waals surface area contributed by atoms with Crippen molar-refractivity contribution in [3.8, 4) is 5.75 Å². The molecule has 0 aliphatic carbocycles. The van der Waals surface area contributed by atoms with Gasteiger partial charge < -0.3 is 15.2 Å². The lowest BCUT2D eigenvalue weighted by molar-refractivity contribution is -0.384. The lowest BCUT2D eigenvalue weighted by atomic mass is 10.2. The number of nitrogens with two attached hydrogens (primary N) is 1. The number of hydrogen-bond acceptors (Lipinski definition) is 6. The average molecular weight is 366 g/mol. The lowest BCUT2D eigenvalue weighted by Gasteiger charge is -2.31. The molecule has 0 saturated carbocycles. The first-order valence-corrected chi connectivity index (χ1v) is 6.74. The third-order valence-corrected chi connectivity index (χ3v) is 3.28. The maximum Gasteiger partial charge on any atom is 0.271 e. The minimum absolute atomic E-state index is 0. The van der Waals surface area contributed by atoms with Crippen LogP contribution >= 0.6 is 24.8 Å². The predicted octanol–water partition coefficient (Wildman–Crippen LogP) is 2.98. The van der Waals surface area contributed by atoms with E-state index in [0.29, 0.717) is 30.7 Å². The minimum atomic E-state index is -0.497. The maximum absolute atomic E-state index is 10.6. The first kappa shape index (κ1) is 21.3. The standard InChI is InChI=1S/C14H19N3O4.2ClH/c1-10(2)16-5-6-20-12(8-16)9-21-14-4-3-11(17(18)19)7-13(14)15;;/h3-4,7,9-10H,5-6,8,15H2,1-2H3;2*1H. The smallest absolute Gasteiger partial charge is 0.271 e. The van der Waals surface area contributed by atoms with Gasteiger partial charge >= 0.3 is 0 Å². The molecule has 130 valence electrons. The van der Waals surface area contributed by atoms with Gasteiger partial charge in [0.1, 0.15) is 24.4 Å². The normalized spacial score (nSPS) is 16.2. The van der Waals surface area contributed by atoms with Gasteiger partial charge in [-0.1, -0.05) is 0 Å². The maximum atomic E-state index is 10.6. The SMILES string of the molecule is CC(C)N1CCOC(=COc2ccc([N+](=O)[O-])cc2N)C1.Cl.Cl. The molecule has 7 nitrogen and oxygen atoms in total. The van der Waals surface area contributed by atoms with Crippen LogP contribution in [0.25, 0.3) is 0 Å². The molecule has 1 fully saturated rings. The van der Waals surface area contributed by atoms with E-state index in [1.165, 1.54) is 24.5 Å². The van der Waals surface area contributed by atoms with E-state index >= 15 is 0 Å². The molecule has 2 N–H and O–H groups in total. The van der Waals surface area contributed by atoms with Crippen LogP contribution in [0.3, 0.4) is 0 Å². The van der Waals surface area contributed by atoms with Crippen LogP contribution in [0, 0.1) is 10.1 Å². The number of nitro benzene ring substituents is 1. The van der Waals surface area contributed by atoms with Gasteiger partial charge in [-0.3, -0.25) is 15.0 Å². The Morgan fingerprint density at radius 1 is 1.43 bits per heavy atom. The number of nitro groups is 1. The second kappa shape index (κ2) is 9.44. The molecule has 2 rings (SSSR count). The molecule has 0 atom stereocenters. The van der Waals surface area contributed by atoms with Crippen LogP contribution in [0.1, 0.15) is 13.8 Å². The summed E-state index contributed by atoms with van der Waals surface area (Å²) < 4.78 is 11.0. The van der Waals surface area contributed by atoms with Crippen molar-refractivity contribution in [3.63, 3.8) is 0 Å². The topological polar surface area (TPSA) is 90.9 Å². The van der Waals surface area contributed by atoms with Crippen LogP contribution < -0.4 is 10.5 Å². The third-order valence-electron chi connectivity index (χ3n) is 3.28. The van der Waals surface area contributed by atoms with Gasteiger partial charge in [0, 0.05) is 24.7 Å². The molecule has 1 aromatic rings. The molecular weight excluding hydrogens is 345 g/mol. The van der Waals surface area contributed by atoms with Gasteiger partial charge in [-0.25, -0.2) is 0 Å². The highest BCUT2D eigenvalue weighted by Gasteiger charge is 2.18. The van der Waals surface area contributed by atoms with Gasteiger partial charge in [-0.2, -0.15) is 0 Å². The Morgan fingerprint density at radius 3 is 2.70 bits per heavy atom. The third kappa shape index (κ3) is 5.78. The number of anilines is 1. The van der Waals surface area contributed by atoms with E-state index in [1.807, 2.05) is 0 Å². The number of rotatable bonds is 4. The molecule has 1 saturated heterocycles. The van der Waals surface area contributed by atoms with E-state index in [0.717, 1.165) is 6.54 Å². The quantitative estimate of drug-likeness (QED) is 0.381. The predicted molar refractivity (Wildman–Crippen MR) is 93.4 cm³/mol. The molecule has 9 heteroatoms. The van der Waals surface area contributed by atoms with Gasteiger partial charge in [0.25, 0.3) is 5.69 Å². The van der Waals surface area contributed by atoms with Crippen molar-refractivity contribution in [2.24, 2.45) is 0 Å². The summed E-state index contributed by atoms with van der Waals surface area (Å²) in [4.78, 5) is 12.4. The van der Waals surface area contributed by atoms with Crippen molar-refractivity contribution in [2.75, 3.05) is 25.4 Å². The van der Waals surface area contributed by atoms with Gasteiger partial charge in [0.05, 0.1) is 17.2 Å². The summed E-state index contributed by atoms with van der Waals surface area (Å²) in [5.74, 6) is 1.09. The van der Waals surface area contributed by atoms with Crippen LogP contribution in [0.5, 0.6) is 5.75 Å². The summed E-state index contributed by atoms with van der Waals surface area (Å²) in [6.45, 7) is 6.42. The van der Waals surface area contributed by atoms with Crippen molar-refractivity contribution in [1.82, 2.24) is 4.90 Å². The number of hydrogen-bond donors (Lipinski definition) is 1. The number of benzene rings is 1. The van der Waals surface area contributed by atoms with E-state index in [-0.39, 0.29) is 36.2 Å². The summed E-state index contributed by atoms with van der Waals surface area (Å²) >= 11 is 0. The fourth-order valence-electron chi connectivity index (χ4n) is 2.02. The van der Waals surface area contributed by atoms with E-state index < -0.39 is 4.92 Å². The van der Waals surface area contributed by atoms with Gasteiger partial charge in [0.15, 0.2) is 0 Å². The van der Waals surface area contributed by atoms with Crippen molar-refractivity contribution in [1.29, 1.82) is 0 Å². The zero-order valence-corrected chi connectivity index (χ0v) is 14.6. The molecule has 1 aromatic carbocycles. The fraction of sp³-hybridized carbons (Fsp3) is 0.429. The van der Waals surface area contributed by atoms with Crippen LogP contribution in [-0.2, 0) is 4.74 Å². The Hall–Kier alpha value is -1.70. The lowest BCUT2D eigenvalue weighted by Crippen LogP contribution is -2.39. The van der Waals surface area contributed by atoms with Crippen molar-refractivity contribution < 1.29 is 14.4 Å². The Morgan fingerprint density at radius 2 is 2.13 bits per heavy atom. The molecule has 0 bridgehead atoms. The Kier molecular flexibility index (Phi) is 8.74. The zero-order chi connectivity index (χ0) is 15.4. The second-order valence-electron chi connectivity index (χ2n) is 5.09. The molecule has 0 spiro atoms. The van der Waals surface area contributed by atoms with Crippen LogP contribution in [0.4, 0.5) is 11.4 Å². The molecular formula is C14H21Cl2N3O4. The highest BCUT2D eigenvalue weighted by molar-refractivity contribution is 5.85. The highest BCUT2D eigenvalue weighted by Crippen LogP contribution is 2.27. The first-order valence-electron chi connectivity index (χ1n) is 6.74. The fourth-order valence-corrected chi connectivity index (χ4v) is 2.02. The molecule has 1 aliphatic heterocycles. The molecule has 1 aliphatic rings. The zero-order valence-electron chi connectivity index (χ0n) is 12.9. The van der Waals surface area contributed by atoms with E-state index in [4.69, 9.17) is 15.2 Å². The van der Waals surface area contributed by atoms with Crippen LogP contribution in [0.15, 0.2) is 30.2 Å². The monoisotopic (exact) mass is 365 g/mol. The van der Waals surface area contributed by atoms with Crippen molar-refractivity contribution >= 4 is 36.2 Å². The number of non-ortho nitro benzene ring substituents is 1. The average Bonchev–Trinajstić information content (AvgIpc) is 2.46. The molecule has 0 unspecified atom stereocenters. The molecule has 1 heterocycles.